The molecule has 5 heteroatoms. The van der Waals surface area contributed by atoms with Gasteiger partial charge in [0.1, 0.15) is 0 Å². The molecule has 20 heavy (non-hydrogen) atoms. The van der Waals surface area contributed by atoms with E-state index < -0.39 is 11.4 Å². The molecule has 1 aliphatic carbocycles. The first-order valence-electron chi connectivity index (χ1n) is 6.89. The molecule has 1 N–H and O–H groups in total. The van der Waals surface area contributed by atoms with Gasteiger partial charge in [-0.3, -0.25) is 4.79 Å². The third-order valence-electron chi connectivity index (χ3n) is 4.48. The highest BCUT2D eigenvalue weighted by atomic mass is 79.9. The van der Waals surface area contributed by atoms with Crippen LogP contribution in [0.1, 0.15) is 43.2 Å². The number of ether oxygens (including phenoxy) is 2. The van der Waals surface area contributed by atoms with E-state index in [0.29, 0.717) is 24.3 Å². The van der Waals surface area contributed by atoms with Crippen LogP contribution in [0.5, 0.6) is 11.5 Å². The molecule has 2 aliphatic rings. The maximum absolute atomic E-state index is 12.0. The van der Waals surface area contributed by atoms with Crippen LogP contribution in [0.2, 0.25) is 0 Å². The number of benzene rings is 1. The molecule has 0 amide bonds. The Morgan fingerprint density at radius 2 is 1.90 bits per heavy atom. The summed E-state index contributed by atoms with van der Waals surface area (Å²) >= 11 is 3.47. The number of hydrogen-bond donors (Lipinski definition) is 1. The van der Waals surface area contributed by atoms with Crippen molar-refractivity contribution in [2.24, 2.45) is 0 Å². The Morgan fingerprint density at radius 3 is 2.55 bits per heavy atom. The molecule has 0 bridgehead atoms. The number of carboxylic acid groups (broad SMARTS) is 1. The molecule has 0 spiro atoms. The Bertz CT molecular complexity index is 561. The Morgan fingerprint density at radius 1 is 1.25 bits per heavy atom. The minimum Gasteiger partial charge on any atom is -0.481 e. The Hall–Kier alpha value is -1.23. The van der Waals surface area contributed by atoms with Crippen LogP contribution >= 0.6 is 15.9 Å². The van der Waals surface area contributed by atoms with Crippen LogP contribution in [0.4, 0.5) is 0 Å². The van der Waals surface area contributed by atoms with E-state index in [0.717, 1.165) is 34.9 Å². The lowest BCUT2D eigenvalue weighted by atomic mass is 9.68. The minimum atomic E-state index is -0.786. The molecule has 1 saturated carbocycles. The summed E-state index contributed by atoms with van der Waals surface area (Å²) in [5.41, 5.74) is 0.970. The average molecular weight is 341 g/mol. The summed E-state index contributed by atoms with van der Waals surface area (Å²) in [5.74, 6) is 0.634. The summed E-state index contributed by atoms with van der Waals surface area (Å²) in [5, 5.41) is 9.82. The highest BCUT2D eigenvalue weighted by Crippen LogP contribution is 2.49. The number of halogens is 1. The highest BCUT2D eigenvalue weighted by molar-refractivity contribution is 9.10. The Kier molecular flexibility index (Phi) is 3.40. The molecule has 0 aromatic heterocycles. The van der Waals surface area contributed by atoms with Gasteiger partial charge >= 0.3 is 5.97 Å². The molecule has 1 aromatic carbocycles. The summed E-state index contributed by atoms with van der Waals surface area (Å²) in [6, 6.07) is 1.91. The van der Waals surface area contributed by atoms with Crippen LogP contribution in [0, 0.1) is 6.92 Å². The zero-order valence-corrected chi connectivity index (χ0v) is 13.0. The summed E-state index contributed by atoms with van der Waals surface area (Å²) in [6.45, 7) is 2.12. The second-order valence-electron chi connectivity index (χ2n) is 5.54. The van der Waals surface area contributed by atoms with Gasteiger partial charge in [0.25, 0.3) is 0 Å². The summed E-state index contributed by atoms with van der Waals surface area (Å²) in [6.07, 6.45) is 4.40. The normalized spacial score (nSPS) is 19.9. The van der Waals surface area contributed by atoms with Crippen LogP contribution in [-0.2, 0) is 10.2 Å². The number of carbonyl (C=O) groups is 1. The van der Waals surface area contributed by atoms with E-state index in [1.807, 2.05) is 13.0 Å². The fourth-order valence-corrected chi connectivity index (χ4v) is 3.93. The standard InChI is InChI=1S/C15H17BrO4/c1-9-10(7-11(16)13-12(9)19-8-20-13)15(14(17)18)5-3-2-4-6-15/h7H,2-6,8H2,1H3,(H,17,18). The number of aliphatic carboxylic acids is 1. The predicted molar refractivity (Wildman–Crippen MR) is 77.4 cm³/mol. The number of fused-ring (bicyclic) bond motifs is 1. The molecule has 1 fully saturated rings. The molecule has 0 saturated heterocycles. The number of hydrogen-bond acceptors (Lipinski definition) is 3. The first-order chi connectivity index (χ1) is 9.56. The van der Waals surface area contributed by atoms with Gasteiger partial charge < -0.3 is 14.6 Å². The molecule has 1 aromatic rings. The molecule has 3 rings (SSSR count). The minimum absolute atomic E-state index is 0.193. The monoisotopic (exact) mass is 340 g/mol. The smallest absolute Gasteiger partial charge is 0.314 e. The topological polar surface area (TPSA) is 55.8 Å². The fourth-order valence-electron chi connectivity index (χ4n) is 3.41. The zero-order chi connectivity index (χ0) is 14.3. The lowest BCUT2D eigenvalue weighted by Crippen LogP contribution is -2.38. The van der Waals surface area contributed by atoms with Crippen LogP contribution in [0.3, 0.4) is 0 Å². The van der Waals surface area contributed by atoms with E-state index in [1.165, 1.54) is 0 Å². The van der Waals surface area contributed by atoms with Gasteiger partial charge in [-0.25, -0.2) is 0 Å². The van der Waals surface area contributed by atoms with Gasteiger partial charge in [0.2, 0.25) is 6.79 Å². The van der Waals surface area contributed by atoms with Crippen molar-refractivity contribution in [3.05, 3.63) is 21.7 Å². The van der Waals surface area contributed by atoms with Gasteiger partial charge in [-0.05, 0) is 52.9 Å². The van der Waals surface area contributed by atoms with Crippen molar-refractivity contribution in [1.29, 1.82) is 0 Å². The van der Waals surface area contributed by atoms with Crippen LogP contribution < -0.4 is 9.47 Å². The van der Waals surface area contributed by atoms with E-state index in [4.69, 9.17) is 9.47 Å². The zero-order valence-electron chi connectivity index (χ0n) is 11.4. The average Bonchev–Trinajstić information content (AvgIpc) is 2.93. The quantitative estimate of drug-likeness (QED) is 0.890. The SMILES string of the molecule is Cc1c(C2(C(=O)O)CCCCC2)cc(Br)c2c1OCO2. The first-order valence-corrected chi connectivity index (χ1v) is 7.68. The third kappa shape index (κ3) is 1.91. The van der Waals surface area contributed by atoms with Crippen molar-refractivity contribution in [2.45, 2.75) is 44.4 Å². The van der Waals surface area contributed by atoms with Crippen LogP contribution in [-0.4, -0.2) is 17.9 Å². The summed E-state index contributed by atoms with van der Waals surface area (Å²) < 4.78 is 11.7. The molecular formula is C15H17BrO4. The van der Waals surface area contributed by atoms with Gasteiger partial charge in [-0.15, -0.1) is 0 Å². The van der Waals surface area contributed by atoms with E-state index in [2.05, 4.69) is 15.9 Å². The number of rotatable bonds is 2. The summed E-state index contributed by atoms with van der Waals surface area (Å²) in [4.78, 5) is 12.0. The van der Waals surface area contributed by atoms with Crippen molar-refractivity contribution in [3.8, 4) is 11.5 Å². The first kappa shape index (κ1) is 13.7. The second-order valence-corrected chi connectivity index (χ2v) is 6.40. The van der Waals surface area contributed by atoms with E-state index in [-0.39, 0.29) is 6.79 Å². The Balaban J connectivity index is 2.17. The molecule has 4 nitrogen and oxygen atoms in total. The van der Waals surface area contributed by atoms with Crippen LogP contribution in [0.15, 0.2) is 10.5 Å². The lowest BCUT2D eigenvalue weighted by molar-refractivity contribution is -0.145. The van der Waals surface area contributed by atoms with Crippen LogP contribution in [0.25, 0.3) is 0 Å². The summed E-state index contributed by atoms with van der Waals surface area (Å²) in [7, 11) is 0. The maximum atomic E-state index is 12.0. The van der Waals surface area contributed by atoms with Gasteiger partial charge in [0, 0.05) is 0 Å². The molecule has 108 valence electrons. The van der Waals surface area contributed by atoms with Crippen molar-refractivity contribution < 1.29 is 19.4 Å². The van der Waals surface area contributed by atoms with Gasteiger partial charge in [0.05, 0.1) is 9.89 Å². The number of carboxylic acids is 1. The largest absolute Gasteiger partial charge is 0.481 e. The van der Waals surface area contributed by atoms with Crippen molar-refractivity contribution in [3.63, 3.8) is 0 Å². The predicted octanol–water partition coefficient (Wildman–Crippen LogP) is 3.77. The molecule has 0 radical (unpaired) electrons. The van der Waals surface area contributed by atoms with Crippen molar-refractivity contribution >= 4 is 21.9 Å². The fraction of sp³-hybridized carbons (Fsp3) is 0.533. The van der Waals surface area contributed by atoms with Crippen molar-refractivity contribution in [2.75, 3.05) is 6.79 Å². The third-order valence-corrected chi connectivity index (χ3v) is 5.07. The van der Waals surface area contributed by atoms with Gasteiger partial charge in [-0.2, -0.15) is 0 Å². The molecular weight excluding hydrogens is 324 g/mol. The van der Waals surface area contributed by atoms with E-state index in [1.54, 1.807) is 0 Å². The van der Waals surface area contributed by atoms with Crippen molar-refractivity contribution in [1.82, 2.24) is 0 Å². The molecule has 1 heterocycles. The molecule has 0 atom stereocenters. The second kappa shape index (κ2) is 4.95. The lowest BCUT2D eigenvalue weighted by Gasteiger charge is -2.35. The maximum Gasteiger partial charge on any atom is 0.314 e. The van der Waals surface area contributed by atoms with E-state index in [9.17, 15) is 9.90 Å². The molecule has 1 aliphatic heterocycles. The van der Waals surface area contributed by atoms with E-state index >= 15 is 0 Å². The van der Waals surface area contributed by atoms with Gasteiger partial charge in [-0.1, -0.05) is 19.3 Å². The Labute approximate surface area is 126 Å². The molecule has 0 unspecified atom stereocenters. The highest BCUT2D eigenvalue weighted by Gasteiger charge is 2.43. The van der Waals surface area contributed by atoms with Gasteiger partial charge in [0.15, 0.2) is 11.5 Å².